The second-order valence-corrected chi connectivity index (χ2v) is 4.19. The molecular formula is C8H8BrF2N3O. The zero-order chi connectivity index (χ0) is 11.1. The molecule has 15 heavy (non-hydrogen) atoms. The Hall–Kier alpha value is -0.980. The average molecular weight is 280 g/mol. The van der Waals surface area contributed by atoms with Crippen LogP contribution in [0.1, 0.15) is 6.42 Å². The van der Waals surface area contributed by atoms with E-state index in [-0.39, 0.29) is 35.4 Å². The van der Waals surface area contributed by atoms with Crippen LogP contribution in [0.4, 0.5) is 14.6 Å². The van der Waals surface area contributed by atoms with Gasteiger partial charge < -0.3 is 9.88 Å². The van der Waals surface area contributed by atoms with Gasteiger partial charge in [0.05, 0.1) is 12.9 Å². The van der Waals surface area contributed by atoms with E-state index in [4.69, 9.17) is 0 Å². The van der Waals surface area contributed by atoms with Crippen molar-refractivity contribution in [3.63, 3.8) is 0 Å². The van der Waals surface area contributed by atoms with Crippen LogP contribution >= 0.6 is 15.9 Å². The number of H-pyrrole nitrogens is 1. The molecule has 1 aromatic rings. The predicted octanol–water partition coefficient (Wildman–Crippen LogP) is 1.38. The van der Waals surface area contributed by atoms with Gasteiger partial charge in [0.25, 0.3) is 11.5 Å². The third kappa shape index (κ3) is 2.01. The van der Waals surface area contributed by atoms with Gasteiger partial charge in [0.15, 0.2) is 5.82 Å². The Labute approximate surface area is 92.4 Å². The number of hydrogen-bond donors (Lipinski definition) is 1. The summed E-state index contributed by atoms with van der Waals surface area (Å²) < 4.78 is 26.1. The standard InChI is InChI=1S/C8H8BrF2N3O/c9-5-6(12-4-13-7(5)15)14-2-1-8(10,11)3-14/h4H,1-3H2,(H,12,13,15). The fourth-order valence-corrected chi connectivity index (χ4v) is 1.98. The second kappa shape index (κ2) is 3.55. The number of aromatic amines is 1. The summed E-state index contributed by atoms with van der Waals surface area (Å²) >= 11 is 3.03. The highest BCUT2D eigenvalue weighted by molar-refractivity contribution is 9.10. The largest absolute Gasteiger partial charge is 0.349 e. The number of rotatable bonds is 1. The minimum Gasteiger partial charge on any atom is -0.349 e. The van der Waals surface area contributed by atoms with E-state index in [0.29, 0.717) is 0 Å². The molecule has 0 aromatic carbocycles. The molecule has 0 radical (unpaired) electrons. The molecule has 7 heteroatoms. The molecule has 0 bridgehead atoms. The van der Waals surface area contributed by atoms with Gasteiger partial charge in [0.1, 0.15) is 4.47 Å². The molecule has 0 saturated carbocycles. The van der Waals surface area contributed by atoms with E-state index < -0.39 is 5.92 Å². The van der Waals surface area contributed by atoms with Crippen molar-refractivity contribution in [3.8, 4) is 0 Å². The third-order valence-corrected chi connectivity index (χ3v) is 2.96. The molecule has 2 rings (SSSR count). The maximum atomic E-state index is 12.9. The number of hydrogen-bond acceptors (Lipinski definition) is 3. The zero-order valence-corrected chi connectivity index (χ0v) is 9.22. The van der Waals surface area contributed by atoms with E-state index in [1.807, 2.05) is 0 Å². The molecule has 1 aliphatic rings. The monoisotopic (exact) mass is 279 g/mol. The van der Waals surface area contributed by atoms with Crippen molar-refractivity contribution < 1.29 is 8.78 Å². The summed E-state index contributed by atoms with van der Waals surface area (Å²) in [5.41, 5.74) is -0.366. The molecule has 0 spiro atoms. The van der Waals surface area contributed by atoms with E-state index >= 15 is 0 Å². The van der Waals surface area contributed by atoms with Crippen molar-refractivity contribution in [3.05, 3.63) is 21.2 Å². The Morgan fingerprint density at radius 3 is 2.93 bits per heavy atom. The minimum absolute atomic E-state index is 0.197. The maximum absolute atomic E-state index is 12.9. The average Bonchev–Trinajstić information content (AvgIpc) is 2.51. The second-order valence-electron chi connectivity index (χ2n) is 3.40. The van der Waals surface area contributed by atoms with Crippen LogP contribution in [0.3, 0.4) is 0 Å². The zero-order valence-electron chi connectivity index (χ0n) is 7.64. The smallest absolute Gasteiger partial charge is 0.267 e. The lowest BCUT2D eigenvalue weighted by Crippen LogP contribution is -2.27. The van der Waals surface area contributed by atoms with Crippen LogP contribution in [-0.4, -0.2) is 29.0 Å². The summed E-state index contributed by atoms with van der Waals surface area (Å²) in [6.45, 7) is -0.176. The summed E-state index contributed by atoms with van der Waals surface area (Å²) in [7, 11) is 0. The summed E-state index contributed by atoms with van der Waals surface area (Å²) in [4.78, 5) is 18.8. The van der Waals surface area contributed by atoms with Crippen LogP contribution < -0.4 is 10.5 Å². The molecule has 1 fully saturated rings. The van der Waals surface area contributed by atoms with E-state index in [0.717, 1.165) is 0 Å². The molecule has 4 nitrogen and oxygen atoms in total. The van der Waals surface area contributed by atoms with Crippen LogP contribution in [-0.2, 0) is 0 Å². The molecule has 1 N–H and O–H groups in total. The summed E-state index contributed by atoms with van der Waals surface area (Å²) in [6, 6.07) is 0. The van der Waals surface area contributed by atoms with Gasteiger partial charge >= 0.3 is 0 Å². The lowest BCUT2D eigenvalue weighted by atomic mass is 10.3. The number of anilines is 1. The maximum Gasteiger partial charge on any atom is 0.267 e. The quantitative estimate of drug-likeness (QED) is 0.845. The van der Waals surface area contributed by atoms with Crippen molar-refractivity contribution in [1.29, 1.82) is 0 Å². The van der Waals surface area contributed by atoms with E-state index in [2.05, 4.69) is 25.9 Å². The summed E-state index contributed by atoms with van der Waals surface area (Å²) in [5.74, 6) is -2.42. The Morgan fingerprint density at radius 2 is 2.33 bits per heavy atom. The van der Waals surface area contributed by atoms with Crippen LogP contribution in [0.5, 0.6) is 0 Å². The number of nitrogens with one attached hydrogen (secondary N) is 1. The fourth-order valence-electron chi connectivity index (χ4n) is 1.51. The summed E-state index contributed by atoms with van der Waals surface area (Å²) in [6.07, 6.45) is 1.01. The number of alkyl halides is 2. The van der Waals surface area contributed by atoms with Crippen molar-refractivity contribution >= 4 is 21.7 Å². The van der Waals surface area contributed by atoms with Gasteiger partial charge in [-0.25, -0.2) is 13.8 Å². The van der Waals surface area contributed by atoms with Crippen molar-refractivity contribution in [1.82, 2.24) is 9.97 Å². The van der Waals surface area contributed by atoms with Crippen LogP contribution in [0.2, 0.25) is 0 Å². The molecule has 1 aromatic heterocycles. The molecule has 0 atom stereocenters. The highest BCUT2D eigenvalue weighted by atomic mass is 79.9. The van der Waals surface area contributed by atoms with Crippen molar-refractivity contribution in [2.75, 3.05) is 18.0 Å². The molecule has 1 saturated heterocycles. The number of aromatic nitrogens is 2. The van der Waals surface area contributed by atoms with Gasteiger partial charge in [-0.05, 0) is 15.9 Å². The van der Waals surface area contributed by atoms with Crippen molar-refractivity contribution in [2.24, 2.45) is 0 Å². The molecule has 0 aliphatic carbocycles. The Balaban J connectivity index is 2.32. The number of halogens is 3. The van der Waals surface area contributed by atoms with Gasteiger partial charge in [0, 0.05) is 13.0 Å². The highest BCUT2D eigenvalue weighted by Gasteiger charge is 2.39. The van der Waals surface area contributed by atoms with Crippen molar-refractivity contribution in [2.45, 2.75) is 12.3 Å². The van der Waals surface area contributed by atoms with Crippen LogP contribution in [0.15, 0.2) is 15.6 Å². The van der Waals surface area contributed by atoms with Gasteiger partial charge in [0.2, 0.25) is 0 Å². The number of nitrogens with zero attached hydrogens (tertiary/aromatic N) is 2. The molecule has 0 amide bonds. The molecule has 0 unspecified atom stereocenters. The topological polar surface area (TPSA) is 49.0 Å². The van der Waals surface area contributed by atoms with E-state index in [9.17, 15) is 13.6 Å². The molecule has 1 aliphatic heterocycles. The lowest BCUT2D eigenvalue weighted by molar-refractivity contribution is 0.0256. The Morgan fingerprint density at radius 1 is 1.60 bits per heavy atom. The van der Waals surface area contributed by atoms with Crippen LogP contribution in [0.25, 0.3) is 0 Å². The van der Waals surface area contributed by atoms with Gasteiger partial charge in [-0.15, -0.1) is 0 Å². The van der Waals surface area contributed by atoms with E-state index in [1.54, 1.807) is 0 Å². The van der Waals surface area contributed by atoms with Gasteiger partial charge in [-0.1, -0.05) is 0 Å². The first-order chi connectivity index (χ1) is 6.99. The first-order valence-corrected chi connectivity index (χ1v) is 5.15. The lowest BCUT2D eigenvalue weighted by Gasteiger charge is -2.17. The molecule has 2 heterocycles. The Bertz CT molecular complexity index is 434. The summed E-state index contributed by atoms with van der Waals surface area (Å²) in [5, 5.41) is 0. The van der Waals surface area contributed by atoms with Gasteiger partial charge in [-0.3, -0.25) is 4.79 Å². The SMILES string of the molecule is O=c1[nH]cnc(N2CCC(F)(F)C2)c1Br. The fraction of sp³-hybridized carbons (Fsp3) is 0.500. The first-order valence-electron chi connectivity index (χ1n) is 4.35. The minimum atomic E-state index is -2.69. The predicted molar refractivity (Wildman–Crippen MR) is 54.3 cm³/mol. The first kappa shape index (κ1) is 10.5. The third-order valence-electron chi connectivity index (χ3n) is 2.25. The van der Waals surface area contributed by atoms with Crippen LogP contribution in [0, 0.1) is 0 Å². The normalized spacial score (nSPS) is 19.5. The molecular weight excluding hydrogens is 272 g/mol. The highest BCUT2D eigenvalue weighted by Crippen LogP contribution is 2.31. The van der Waals surface area contributed by atoms with Gasteiger partial charge in [-0.2, -0.15) is 0 Å². The molecule has 82 valence electrons. The van der Waals surface area contributed by atoms with E-state index in [1.165, 1.54) is 11.2 Å². The Kier molecular flexibility index (Phi) is 2.49.